The highest BCUT2D eigenvalue weighted by molar-refractivity contribution is 8.00. The molecule has 0 N–H and O–H groups in total. The lowest BCUT2D eigenvalue weighted by atomic mass is 10.1. The van der Waals surface area contributed by atoms with Crippen LogP contribution in [0, 0.1) is 0 Å². The molecule has 4 rings (SSSR count). The Hall–Kier alpha value is -2.54. The molecule has 2 aromatic carbocycles. The van der Waals surface area contributed by atoms with Crippen LogP contribution in [-0.2, 0) is 11.3 Å². The number of hydrogen-bond acceptors (Lipinski definition) is 6. The van der Waals surface area contributed by atoms with Crippen molar-refractivity contribution in [3.05, 3.63) is 47.5 Å². The number of ether oxygens (including phenoxy) is 4. The SMILES string of the molecule is COc1ccc(CN2C(=O)CSC2c2cccc3c2OCO3)c(OC)c1. The van der Waals surface area contributed by atoms with Gasteiger partial charge < -0.3 is 23.8 Å². The van der Waals surface area contributed by atoms with E-state index < -0.39 is 0 Å². The smallest absolute Gasteiger partial charge is 0.234 e. The number of amides is 1. The highest BCUT2D eigenvalue weighted by Gasteiger charge is 2.36. The number of carbonyl (C=O) groups excluding carboxylic acids is 1. The first-order valence-corrected chi connectivity index (χ1v) is 9.26. The van der Waals surface area contributed by atoms with Gasteiger partial charge in [-0.2, -0.15) is 0 Å². The van der Waals surface area contributed by atoms with Crippen molar-refractivity contribution in [1.82, 2.24) is 4.90 Å². The molecule has 136 valence electrons. The Morgan fingerprint density at radius 1 is 1.19 bits per heavy atom. The van der Waals surface area contributed by atoms with E-state index in [0.29, 0.717) is 18.0 Å². The zero-order valence-electron chi connectivity index (χ0n) is 14.6. The molecule has 1 atom stereocenters. The van der Waals surface area contributed by atoms with E-state index in [1.54, 1.807) is 26.0 Å². The topological polar surface area (TPSA) is 57.2 Å². The quantitative estimate of drug-likeness (QED) is 0.802. The van der Waals surface area contributed by atoms with Crippen LogP contribution in [-0.4, -0.2) is 37.6 Å². The Bertz CT molecular complexity index is 841. The van der Waals surface area contributed by atoms with Crippen LogP contribution in [0.4, 0.5) is 0 Å². The van der Waals surface area contributed by atoms with Crippen LogP contribution >= 0.6 is 11.8 Å². The Kier molecular flexibility index (Phi) is 4.55. The average molecular weight is 373 g/mol. The minimum atomic E-state index is -0.119. The summed E-state index contributed by atoms with van der Waals surface area (Å²) in [4.78, 5) is 14.4. The Morgan fingerprint density at radius 3 is 2.88 bits per heavy atom. The molecule has 1 fully saturated rings. The van der Waals surface area contributed by atoms with Crippen LogP contribution in [0.2, 0.25) is 0 Å². The first kappa shape index (κ1) is 16.9. The average Bonchev–Trinajstić information content (AvgIpc) is 3.29. The van der Waals surface area contributed by atoms with Crippen LogP contribution in [0.25, 0.3) is 0 Å². The molecule has 0 saturated carbocycles. The fraction of sp³-hybridized carbons (Fsp3) is 0.316. The molecule has 7 heteroatoms. The fourth-order valence-electron chi connectivity index (χ4n) is 3.20. The van der Waals surface area contributed by atoms with Gasteiger partial charge in [-0.3, -0.25) is 4.79 Å². The van der Waals surface area contributed by atoms with E-state index in [-0.39, 0.29) is 18.1 Å². The molecule has 26 heavy (non-hydrogen) atoms. The van der Waals surface area contributed by atoms with Crippen LogP contribution in [0.3, 0.4) is 0 Å². The van der Waals surface area contributed by atoms with Gasteiger partial charge in [0.05, 0.1) is 26.5 Å². The molecule has 0 radical (unpaired) electrons. The van der Waals surface area contributed by atoms with Gasteiger partial charge in [-0.25, -0.2) is 0 Å². The van der Waals surface area contributed by atoms with E-state index >= 15 is 0 Å². The molecule has 1 unspecified atom stereocenters. The van der Waals surface area contributed by atoms with Gasteiger partial charge in [-0.05, 0) is 18.2 Å². The predicted molar refractivity (Wildman–Crippen MR) is 97.9 cm³/mol. The first-order valence-electron chi connectivity index (χ1n) is 8.21. The van der Waals surface area contributed by atoms with Gasteiger partial charge in [0.1, 0.15) is 16.9 Å². The van der Waals surface area contributed by atoms with Gasteiger partial charge in [0, 0.05) is 17.2 Å². The van der Waals surface area contributed by atoms with Gasteiger partial charge in [0.2, 0.25) is 12.7 Å². The molecule has 1 saturated heterocycles. The maximum absolute atomic E-state index is 12.6. The molecule has 2 heterocycles. The summed E-state index contributed by atoms with van der Waals surface area (Å²) in [7, 11) is 3.23. The fourth-order valence-corrected chi connectivity index (χ4v) is 4.40. The lowest BCUT2D eigenvalue weighted by Gasteiger charge is -2.26. The minimum Gasteiger partial charge on any atom is -0.497 e. The Balaban J connectivity index is 1.65. The monoisotopic (exact) mass is 373 g/mol. The molecule has 0 bridgehead atoms. The summed E-state index contributed by atoms with van der Waals surface area (Å²) in [5, 5.41) is -0.119. The zero-order valence-corrected chi connectivity index (χ0v) is 15.4. The summed E-state index contributed by atoms with van der Waals surface area (Å²) in [6.45, 7) is 0.665. The van der Waals surface area contributed by atoms with Crippen molar-refractivity contribution in [3.63, 3.8) is 0 Å². The van der Waals surface area contributed by atoms with E-state index in [2.05, 4.69) is 0 Å². The van der Waals surface area contributed by atoms with Crippen LogP contribution in [0.15, 0.2) is 36.4 Å². The molecule has 0 spiro atoms. The van der Waals surface area contributed by atoms with Crippen LogP contribution < -0.4 is 18.9 Å². The number of para-hydroxylation sites is 1. The number of benzene rings is 2. The van der Waals surface area contributed by atoms with E-state index in [1.165, 1.54) is 0 Å². The van der Waals surface area contributed by atoms with Crippen molar-refractivity contribution in [3.8, 4) is 23.0 Å². The van der Waals surface area contributed by atoms with Crippen molar-refractivity contribution < 1.29 is 23.7 Å². The van der Waals surface area contributed by atoms with E-state index in [4.69, 9.17) is 18.9 Å². The van der Waals surface area contributed by atoms with Gasteiger partial charge in [-0.1, -0.05) is 12.1 Å². The molecular formula is C19H19NO5S. The summed E-state index contributed by atoms with van der Waals surface area (Å²) in [6.07, 6.45) is 0. The Labute approximate surface area is 156 Å². The third kappa shape index (κ3) is 2.92. The number of methoxy groups -OCH3 is 2. The van der Waals surface area contributed by atoms with E-state index in [9.17, 15) is 4.79 Å². The van der Waals surface area contributed by atoms with Crippen molar-refractivity contribution in [2.75, 3.05) is 26.8 Å². The summed E-state index contributed by atoms with van der Waals surface area (Å²) < 4.78 is 21.8. The van der Waals surface area contributed by atoms with Crippen molar-refractivity contribution in [2.45, 2.75) is 11.9 Å². The second-order valence-electron chi connectivity index (χ2n) is 5.94. The number of carbonyl (C=O) groups is 1. The van der Waals surface area contributed by atoms with Gasteiger partial charge in [0.15, 0.2) is 11.5 Å². The summed E-state index contributed by atoms with van der Waals surface area (Å²) in [6, 6.07) is 11.4. The molecule has 2 aromatic rings. The third-order valence-electron chi connectivity index (χ3n) is 4.50. The predicted octanol–water partition coefficient (Wildman–Crippen LogP) is 3.21. The number of hydrogen-bond donors (Lipinski definition) is 0. The number of fused-ring (bicyclic) bond motifs is 1. The number of thioether (sulfide) groups is 1. The largest absolute Gasteiger partial charge is 0.497 e. The molecule has 2 aliphatic heterocycles. The van der Waals surface area contributed by atoms with Crippen LogP contribution in [0.5, 0.6) is 23.0 Å². The molecular weight excluding hydrogens is 354 g/mol. The maximum atomic E-state index is 12.6. The second kappa shape index (κ2) is 6.99. The van der Waals surface area contributed by atoms with Crippen molar-refractivity contribution in [2.24, 2.45) is 0 Å². The minimum absolute atomic E-state index is 0.0920. The molecule has 6 nitrogen and oxygen atoms in total. The molecule has 1 amide bonds. The summed E-state index contributed by atoms with van der Waals surface area (Å²) >= 11 is 1.59. The normalized spacial score (nSPS) is 18.3. The number of rotatable bonds is 5. The van der Waals surface area contributed by atoms with Crippen molar-refractivity contribution >= 4 is 17.7 Å². The number of nitrogens with zero attached hydrogens (tertiary/aromatic N) is 1. The molecule has 0 aromatic heterocycles. The summed E-state index contributed by atoms with van der Waals surface area (Å²) in [5.74, 6) is 3.40. The third-order valence-corrected chi connectivity index (χ3v) is 5.73. The summed E-state index contributed by atoms with van der Waals surface area (Å²) in [5.41, 5.74) is 1.89. The highest BCUT2D eigenvalue weighted by Crippen LogP contribution is 2.47. The van der Waals surface area contributed by atoms with E-state index in [0.717, 1.165) is 28.4 Å². The van der Waals surface area contributed by atoms with Crippen molar-refractivity contribution in [1.29, 1.82) is 0 Å². The zero-order chi connectivity index (χ0) is 18.1. The van der Waals surface area contributed by atoms with Gasteiger partial charge >= 0.3 is 0 Å². The van der Waals surface area contributed by atoms with Gasteiger partial charge in [-0.15, -0.1) is 11.8 Å². The maximum Gasteiger partial charge on any atom is 0.234 e. The lowest BCUT2D eigenvalue weighted by Crippen LogP contribution is -2.28. The molecule has 2 aliphatic rings. The second-order valence-corrected chi connectivity index (χ2v) is 7.01. The Morgan fingerprint density at radius 2 is 2.08 bits per heavy atom. The lowest BCUT2D eigenvalue weighted by molar-refractivity contribution is -0.128. The van der Waals surface area contributed by atoms with E-state index in [1.807, 2.05) is 41.3 Å². The molecule has 0 aliphatic carbocycles. The standard InChI is InChI=1S/C19H19NO5S/c1-22-13-7-6-12(16(8-13)23-2)9-20-17(21)10-26-19(20)14-4-3-5-15-18(14)25-11-24-15/h3-8,19H,9-11H2,1-2H3. The van der Waals surface area contributed by atoms with Gasteiger partial charge in [0.25, 0.3) is 0 Å². The van der Waals surface area contributed by atoms with Crippen LogP contribution in [0.1, 0.15) is 16.5 Å². The highest BCUT2D eigenvalue weighted by atomic mass is 32.2. The first-order chi connectivity index (χ1) is 12.7.